The molecule has 2 rings (SSSR count). The molecule has 2 aromatic rings. The molecule has 0 aliphatic heterocycles. The second-order valence-electron chi connectivity index (χ2n) is 3.65. The topological polar surface area (TPSA) is 30.2 Å². The molecule has 88 valence electrons. The van der Waals surface area contributed by atoms with Gasteiger partial charge in [-0.2, -0.15) is 4.39 Å². The van der Waals surface area contributed by atoms with Gasteiger partial charge in [0.25, 0.3) is 0 Å². The molecule has 17 heavy (non-hydrogen) atoms. The van der Waals surface area contributed by atoms with Crippen LogP contribution >= 0.6 is 0 Å². The minimum absolute atomic E-state index is 0.151. The summed E-state index contributed by atoms with van der Waals surface area (Å²) in [6.07, 6.45) is 0.964. The zero-order chi connectivity index (χ0) is 12.3. The number of aryl methyl sites for hydroxylation is 2. The van der Waals surface area contributed by atoms with E-state index in [9.17, 15) is 13.6 Å². The summed E-state index contributed by atoms with van der Waals surface area (Å²) >= 11 is 0. The maximum absolute atomic E-state index is 12.9. The Hall–Kier alpha value is -1.97. The number of benzene rings is 1. The van der Waals surface area contributed by atoms with E-state index in [1.165, 1.54) is 0 Å². The van der Waals surface area contributed by atoms with Gasteiger partial charge in [0.1, 0.15) is 5.76 Å². The molecule has 0 N–H and O–H groups in total. The van der Waals surface area contributed by atoms with Crippen LogP contribution in [-0.4, -0.2) is 0 Å². The molecule has 0 radical (unpaired) electrons. The Morgan fingerprint density at radius 2 is 1.76 bits per heavy atom. The van der Waals surface area contributed by atoms with Crippen LogP contribution in [0.1, 0.15) is 11.3 Å². The lowest BCUT2D eigenvalue weighted by molar-refractivity contribution is 0.382. The summed E-state index contributed by atoms with van der Waals surface area (Å²) in [7, 11) is 0. The zero-order valence-electron chi connectivity index (χ0n) is 8.95. The highest BCUT2D eigenvalue weighted by molar-refractivity contribution is 5.16. The first-order valence-electron chi connectivity index (χ1n) is 5.19. The number of halogens is 2. The lowest BCUT2D eigenvalue weighted by Crippen LogP contribution is -2.09. The van der Waals surface area contributed by atoms with Gasteiger partial charge >= 0.3 is 5.63 Å². The highest BCUT2D eigenvalue weighted by atomic mass is 19.2. The van der Waals surface area contributed by atoms with Crippen molar-refractivity contribution < 1.29 is 13.2 Å². The fourth-order valence-electron chi connectivity index (χ4n) is 1.53. The predicted molar refractivity (Wildman–Crippen MR) is 58.7 cm³/mol. The van der Waals surface area contributed by atoms with Crippen molar-refractivity contribution in [2.45, 2.75) is 12.8 Å². The first-order chi connectivity index (χ1) is 8.16. The minimum atomic E-state index is -1.46. The molecule has 0 spiro atoms. The smallest absolute Gasteiger partial charge is 0.375 e. The molecule has 0 fully saturated rings. The van der Waals surface area contributed by atoms with E-state index in [-0.39, 0.29) is 5.76 Å². The summed E-state index contributed by atoms with van der Waals surface area (Å²) in [5, 5.41) is 0. The van der Waals surface area contributed by atoms with Crippen LogP contribution in [0.3, 0.4) is 0 Å². The van der Waals surface area contributed by atoms with Crippen molar-refractivity contribution in [2.75, 3.05) is 0 Å². The third kappa shape index (κ3) is 2.78. The molecule has 1 heterocycles. The molecular formula is C13H10F2O2. The van der Waals surface area contributed by atoms with Crippen LogP contribution in [0.15, 0.2) is 45.6 Å². The van der Waals surface area contributed by atoms with Gasteiger partial charge in [-0.1, -0.05) is 30.3 Å². The highest BCUT2D eigenvalue weighted by Gasteiger charge is 2.10. The van der Waals surface area contributed by atoms with E-state index < -0.39 is 17.3 Å². The second kappa shape index (κ2) is 4.91. The maximum atomic E-state index is 12.9. The molecule has 0 unspecified atom stereocenters. The van der Waals surface area contributed by atoms with Crippen molar-refractivity contribution in [3.8, 4) is 0 Å². The van der Waals surface area contributed by atoms with Gasteiger partial charge in [0, 0.05) is 12.5 Å². The molecule has 1 aromatic carbocycles. The second-order valence-corrected chi connectivity index (χ2v) is 3.65. The monoisotopic (exact) mass is 236 g/mol. The molecule has 0 amide bonds. The summed E-state index contributed by atoms with van der Waals surface area (Å²) in [4.78, 5) is 10.9. The lowest BCUT2D eigenvalue weighted by Gasteiger charge is -2.01. The van der Waals surface area contributed by atoms with Gasteiger partial charge in [-0.05, 0) is 12.0 Å². The van der Waals surface area contributed by atoms with Gasteiger partial charge in [-0.15, -0.1) is 0 Å². The van der Waals surface area contributed by atoms with Gasteiger partial charge in [0.2, 0.25) is 5.82 Å². The van der Waals surface area contributed by atoms with E-state index in [1.54, 1.807) is 0 Å². The first kappa shape index (κ1) is 11.5. The molecule has 0 aliphatic carbocycles. The maximum Gasteiger partial charge on any atom is 0.375 e. The summed E-state index contributed by atoms with van der Waals surface area (Å²) in [5.74, 6) is -2.48. The minimum Gasteiger partial charge on any atom is -0.426 e. The van der Waals surface area contributed by atoms with Gasteiger partial charge in [0.15, 0.2) is 5.82 Å². The first-order valence-corrected chi connectivity index (χ1v) is 5.19. The van der Waals surface area contributed by atoms with Crippen LogP contribution in [0.5, 0.6) is 0 Å². The summed E-state index contributed by atoms with van der Waals surface area (Å²) in [6, 6.07) is 10.4. The summed E-state index contributed by atoms with van der Waals surface area (Å²) < 4.78 is 30.3. The number of rotatable bonds is 3. The number of hydrogen-bond donors (Lipinski definition) is 0. The third-order valence-corrected chi connectivity index (χ3v) is 2.40. The van der Waals surface area contributed by atoms with Crippen molar-refractivity contribution in [1.82, 2.24) is 0 Å². The van der Waals surface area contributed by atoms with Crippen LogP contribution in [0.25, 0.3) is 0 Å². The van der Waals surface area contributed by atoms with Crippen molar-refractivity contribution >= 4 is 0 Å². The lowest BCUT2D eigenvalue weighted by atomic mass is 10.1. The Morgan fingerprint density at radius 1 is 1.06 bits per heavy atom. The van der Waals surface area contributed by atoms with E-state index >= 15 is 0 Å². The van der Waals surface area contributed by atoms with Crippen LogP contribution in [-0.2, 0) is 12.8 Å². The van der Waals surface area contributed by atoms with E-state index in [0.717, 1.165) is 11.6 Å². The highest BCUT2D eigenvalue weighted by Crippen LogP contribution is 2.08. The standard InChI is InChI=1S/C13H10F2O2/c14-11-8-10(17-13(16)12(11)15)7-6-9-4-2-1-3-5-9/h1-5,8H,6-7H2. The molecule has 0 atom stereocenters. The Kier molecular flexibility index (Phi) is 3.32. The molecule has 2 nitrogen and oxygen atoms in total. The molecule has 0 bridgehead atoms. The molecule has 0 saturated heterocycles. The normalized spacial score (nSPS) is 10.5. The van der Waals surface area contributed by atoms with Crippen LogP contribution in [0.2, 0.25) is 0 Å². The third-order valence-electron chi connectivity index (χ3n) is 2.40. The zero-order valence-corrected chi connectivity index (χ0v) is 8.95. The van der Waals surface area contributed by atoms with E-state index in [2.05, 4.69) is 4.42 Å². The molecule has 0 aliphatic rings. The van der Waals surface area contributed by atoms with Crippen LogP contribution in [0, 0.1) is 11.6 Å². The fraction of sp³-hybridized carbons (Fsp3) is 0.154. The Labute approximate surface area is 96.5 Å². The van der Waals surface area contributed by atoms with Crippen molar-refractivity contribution in [3.05, 3.63) is 69.8 Å². The quantitative estimate of drug-likeness (QED) is 0.820. The van der Waals surface area contributed by atoms with E-state index in [1.807, 2.05) is 30.3 Å². The van der Waals surface area contributed by atoms with Crippen molar-refractivity contribution in [3.63, 3.8) is 0 Å². The van der Waals surface area contributed by atoms with Gasteiger partial charge in [-0.3, -0.25) is 0 Å². The Balaban J connectivity index is 2.13. The SMILES string of the molecule is O=c1oc(CCc2ccccc2)cc(F)c1F. The van der Waals surface area contributed by atoms with Crippen LogP contribution < -0.4 is 5.63 Å². The number of hydrogen-bond acceptors (Lipinski definition) is 2. The summed E-state index contributed by atoms with van der Waals surface area (Å²) in [6.45, 7) is 0. The molecule has 4 heteroatoms. The Bertz CT molecular complexity index is 561. The Morgan fingerprint density at radius 3 is 2.41 bits per heavy atom. The summed E-state index contributed by atoms with van der Waals surface area (Å²) in [5.41, 5.74) is -0.215. The molecule has 1 aromatic heterocycles. The fourth-order valence-corrected chi connectivity index (χ4v) is 1.53. The van der Waals surface area contributed by atoms with E-state index in [0.29, 0.717) is 12.8 Å². The van der Waals surface area contributed by atoms with Crippen molar-refractivity contribution in [1.29, 1.82) is 0 Å². The van der Waals surface area contributed by atoms with Crippen molar-refractivity contribution in [2.24, 2.45) is 0 Å². The average molecular weight is 236 g/mol. The van der Waals surface area contributed by atoms with Gasteiger partial charge in [0.05, 0.1) is 0 Å². The average Bonchev–Trinajstić information content (AvgIpc) is 2.34. The van der Waals surface area contributed by atoms with Gasteiger partial charge in [-0.25, -0.2) is 9.18 Å². The van der Waals surface area contributed by atoms with Gasteiger partial charge < -0.3 is 4.42 Å². The predicted octanol–water partition coefficient (Wildman–Crippen LogP) is 2.70. The van der Waals surface area contributed by atoms with E-state index in [4.69, 9.17) is 0 Å². The largest absolute Gasteiger partial charge is 0.426 e. The van der Waals surface area contributed by atoms with Crippen LogP contribution in [0.4, 0.5) is 8.78 Å². The molecule has 0 saturated carbocycles. The molecular weight excluding hydrogens is 226 g/mol.